The van der Waals surface area contributed by atoms with E-state index in [1.165, 1.54) is 30.9 Å². The normalized spacial score (nSPS) is 14.2. The lowest BCUT2D eigenvalue weighted by atomic mass is 9.81. The number of pyridine rings is 1. The van der Waals surface area contributed by atoms with E-state index in [1.807, 2.05) is 24.4 Å². The number of fused-ring (bicyclic) bond motifs is 2. The van der Waals surface area contributed by atoms with Crippen LogP contribution in [0.15, 0.2) is 85.1 Å². The van der Waals surface area contributed by atoms with E-state index >= 15 is 0 Å². The van der Waals surface area contributed by atoms with Crippen LogP contribution in [0.4, 0.5) is 5.69 Å². The number of anilines is 1. The monoisotopic (exact) mass is 614 g/mol. The molecule has 0 aliphatic heterocycles. The van der Waals surface area contributed by atoms with Crippen molar-refractivity contribution in [2.45, 2.75) is 57.4 Å². The molecule has 1 aliphatic rings. The van der Waals surface area contributed by atoms with Crippen molar-refractivity contribution in [3.63, 3.8) is 0 Å². The van der Waals surface area contributed by atoms with E-state index in [0.29, 0.717) is 22.7 Å². The summed E-state index contributed by atoms with van der Waals surface area (Å²) >= 11 is 0. The molecule has 0 radical (unpaired) electrons. The Morgan fingerprint density at radius 1 is 0.957 bits per heavy atom. The van der Waals surface area contributed by atoms with Crippen LogP contribution in [-0.4, -0.2) is 38.0 Å². The van der Waals surface area contributed by atoms with E-state index in [4.69, 9.17) is 10.1 Å². The van der Waals surface area contributed by atoms with Crippen LogP contribution in [0.2, 0.25) is 0 Å². The number of para-hydroxylation sites is 1. The molecule has 8 heteroatoms. The number of nitrogens with zero attached hydrogens (tertiary/aromatic N) is 2. The summed E-state index contributed by atoms with van der Waals surface area (Å²) in [5.74, 6) is -1.32. The Kier molecular flexibility index (Phi) is 8.45. The molecule has 234 valence electrons. The highest BCUT2D eigenvalue weighted by Crippen LogP contribution is 2.45. The fraction of sp³-hybridized carbons (Fsp3) is 0.263. The highest BCUT2D eigenvalue weighted by molar-refractivity contribution is 6.06. The van der Waals surface area contributed by atoms with Gasteiger partial charge < -0.3 is 20.3 Å². The van der Waals surface area contributed by atoms with Gasteiger partial charge in [-0.1, -0.05) is 61.7 Å². The lowest BCUT2D eigenvalue weighted by Crippen LogP contribution is -2.52. The molecule has 1 aliphatic carbocycles. The minimum atomic E-state index is -1.21. The molecule has 46 heavy (non-hydrogen) atoms. The zero-order valence-electron chi connectivity index (χ0n) is 26.3. The van der Waals surface area contributed by atoms with Crippen molar-refractivity contribution in [2.75, 3.05) is 5.32 Å². The molecule has 3 N–H and O–H groups in total. The first-order valence-corrected chi connectivity index (χ1v) is 15.7. The highest BCUT2D eigenvalue weighted by atomic mass is 16.4. The number of carbonyl (C=O) groups is 3. The van der Waals surface area contributed by atoms with E-state index in [1.54, 1.807) is 38.1 Å². The fourth-order valence-corrected chi connectivity index (χ4v) is 6.58. The van der Waals surface area contributed by atoms with Crippen molar-refractivity contribution >= 4 is 51.4 Å². The summed E-state index contributed by atoms with van der Waals surface area (Å²) in [5, 5.41) is 16.8. The fourth-order valence-electron chi connectivity index (χ4n) is 6.58. The molecule has 8 nitrogen and oxygen atoms in total. The van der Waals surface area contributed by atoms with Crippen LogP contribution in [0.5, 0.6) is 0 Å². The first kappa shape index (κ1) is 30.8. The number of hydrogen-bond acceptors (Lipinski definition) is 4. The van der Waals surface area contributed by atoms with Gasteiger partial charge in [0.2, 0.25) is 5.91 Å². The number of aryl methyl sites for hydroxylation is 1. The molecule has 0 spiro atoms. The molecule has 0 bridgehead atoms. The third-order valence-corrected chi connectivity index (χ3v) is 8.98. The predicted octanol–water partition coefficient (Wildman–Crippen LogP) is 7.69. The molecule has 3 aromatic carbocycles. The lowest BCUT2D eigenvalue weighted by Gasteiger charge is -2.25. The van der Waals surface area contributed by atoms with Gasteiger partial charge in [-0.15, -0.1) is 0 Å². The number of carbonyl (C=O) groups excluding carboxylic acids is 2. The Labute approximate surface area is 268 Å². The number of nitrogens with one attached hydrogen (secondary N) is 2. The Morgan fingerprint density at radius 2 is 1.70 bits per heavy atom. The minimum Gasteiger partial charge on any atom is -0.478 e. The lowest BCUT2D eigenvalue weighted by molar-refractivity contribution is -0.131. The molecule has 0 unspecified atom stereocenters. The van der Waals surface area contributed by atoms with Crippen molar-refractivity contribution in [3.05, 3.63) is 102 Å². The molecular weight excluding hydrogens is 576 g/mol. The Balaban J connectivity index is 1.30. The summed E-state index contributed by atoms with van der Waals surface area (Å²) in [7, 11) is 2.06. The molecule has 1 fully saturated rings. The topological polar surface area (TPSA) is 113 Å². The van der Waals surface area contributed by atoms with Crippen LogP contribution >= 0.6 is 0 Å². The first-order chi connectivity index (χ1) is 22.1. The summed E-state index contributed by atoms with van der Waals surface area (Å²) in [6, 6.07) is 23.0. The standard InChI is InChI=1S/C38H38N4O4/c1-38(2,37(46)40-28-18-14-24(15-19-28)16-21-32(43)44)41-36(45)27-17-20-29-31(23-27)42(3)35(33(29)25-9-5-4-6-10-25)30-13-7-11-26-12-8-22-39-34(26)30/h7-8,11-23,25H,4-6,9-10H2,1-3H3,(H,40,46)(H,41,45)(H,43,44)/b21-16+. The number of carboxylic acids is 1. The van der Waals surface area contributed by atoms with Gasteiger partial charge in [-0.3, -0.25) is 14.6 Å². The first-order valence-electron chi connectivity index (χ1n) is 15.7. The number of rotatable bonds is 8. The Bertz CT molecular complexity index is 1980. The van der Waals surface area contributed by atoms with E-state index < -0.39 is 11.5 Å². The Morgan fingerprint density at radius 3 is 2.43 bits per heavy atom. The molecule has 2 heterocycles. The van der Waals surface area contributed by atoms with Crippen LogP contribution in [0, 0.1) is 0 Å². The summed E-state index contributed by atoms with van der Waals surface area (Å²) < 4.78 is 2.20. The van der Waals surface area contributed by atoms with Gasteiger partial charge in [0, 0.05) is 52.4 Å². The SMILES string of the molecule is Cn1c(-c2cccc3cccnc23)c(C2CCCCC2)c2ccc(C(=O)NC(C)(C)C(=O)Nc3ccc(/C=C/C(=O)O)cc3)cc21. The van der Waals surface area contributed by atoms with Gasteiger partial charge in [0.15, 0.2) is 0 Å². The zero-order valence-corrected chi connectivity index (χ0v) is 26.3. The van der Waals surface area contributed by atoms with Gasteiger partial charge in [0.05, 0.1) is 11.2 Å². The maximum atomic E-state index is 13.6. The van der Waals surface area contributed by atoms with Crippen LogP contribution < -0.4 is 10.6 Å². The average Bonchev–Trinajstić information content (AvgIpc) is 3.35. The quantitative estimate of drug-likeness (QED) is 0.155. The minimum absolute atomic E-state index is 0.343. The van der Waals surface area contributed by atoms with Gasteiger partial charge in [0.1, 0.15) is 5.54 Å². The average molecular weight is 615 g/mol. The summed E-state index contributed by atoms with van der Waals surface area (Å²) in [4.78, 5) is 42.4. The number of amides is 2. The van der Waals surface area contributed by atoms with E-state index in [9.17, 15) is 14.4 Å². The third kappa shape index (κ3) is 6.15. The second-order valence-corrected chi connectivity index (χ2v) is 12.6. The van der Waals surface area contributed by atoms with Crippen molar-refractivity contribution in [1.82, 2.24) is 14.9 Å². The largest absolute Gasteiger partial charge is 0.478 e. The number of hydrogen-bond donors (Lipinski definition) is 3. The number of aliphatic carboxylic acids is 1. The molecule has 5 aromatic rings. The second-order valence-electron chi connectivity index (χ2n) is 12.6. The van der Waals surface area contributed by atoms with Crippen molar-refractivity contribution in [2.24, 2.45) is 7.05 Å². The van der Waals surface area contributed by atoms with E-state index in [2.05, 4.69) is 52.6 Å². The summed E-state index contributed by atoms with van der Waals surface area (Å²) in [5.41, 5.74) is 5.98. The highest BCUT2D eigenvalue weighted by Gasteiger charge is 2.31. The third-order valence-electron chi connectivity index (χ3n) is 8.98. The molecule has 0 atom stereocenters. The molecule has 6 rings (SSSR count). The van der Waals surface area contributed by atoms with Crippen LogP contribution in [-0.2, 0) is 16.6 Å². The van der Waals surface area contributed by atoms with Gasteiger partial charge in [-0.2, -0.15) is 0 Å². The maximum Gasteiger partial charge on any atom is 0.328 e. The van der Waals surface area contributed by atoms with Crippen LogP contribution in [0.3, 0.4) is 0 Å². The predicted molar refractivity (Wildman–Crippen MR) is 183 cm³/mol. The van der Waals surface area contributed by atoms with E-state index in [-0.39, 0.29) is 11.8 Å². The smallest absolute Gasteiger partial charge is 0.328 e. The molecule has 0 saturated heterocycles. The number of carboxylic acid groups (broad SMARTS) is 1. The zero-order chi connectivity index (χ0) is 32.4. The summed E-state index contributed by atoms with van der Waals surface area (Å²) in [6.07, 6.45) is 10.3. The molecule has 1 saturated carbocycles. The molecule has 2 amide bonds. The van der Waals surface area contributed by atoms with Gasteiger partial charge >= 0.3 is 5.97 Å². The number of benzene rings is 3. The maximum absolute atomic E-state index is 13.6. The van der Waals surface area contributed by atoms with Crippen LogP contribution in [0.1, 0.15) is 73.4 Å². The van der Waals surface area contributed by atoms with Gasteiger partial charge in [0.25, 0.3) is 5.91 Å². The molecule has 2 aromatic heterocycles. The van der Waals surface area contributed by atoms with Crippen molar-refractivity contribution in [3.8, 4) is 11.3 Å². The van der Waals surface area contributed by atoms with Crippen molar-refractivity contribution < 1.29 is 19.5 Å². The number of aromatic nitrogens is 2. The molecular formula is C38H38N4O4. The van der Waals surface area contributed by atoms with Gasteiger partial charge in [-0.25, -0.2) is 4.79 Å². The van der Waals surface area contributed by atoms with Crippen molar-refractivity contribution in [1.29, 1.82) is 0 Å². The van der Waals surface area contributed by atoms with E-state index in [0.717, 1.165) is 52.0 Å². The summed E-state index contributed by atoms with van der Waals surface area (Å²) in [6.45, 7) is 3.33. The van der Waals surface area contributed by atoms with Crippen LogP contribution in [0.25, 0.3) is 39.1 Å². The second kappa shape index (κ2) is 12.6. The van der Waals surface area contributed by atoms with Gasteiger partial charge in [-0.05, 0) is 80.1 Å². The Hall–Kier alpha value is -5.24.